The van der Waals surface area contributed by atoms with Crippen molar-refractivity contribution in [2.24, 2.45) is 0 Å². The number of hydrogen-bond acceptors (Lipinski definition) is 5. The summed E-state index contributed by atoms with van der Waals surface area (Å²) < 4.78 is 5.55. The maximum Gasteiger partial charge on any atom is 0.338 e. The molecule has 1 aromatic rings. The summed E-state index contributed by atoms with van der Waals surface area (Å²) in [7, 11) is 0. The zero-order valence-electron chi connectivity index (χ0n) is 13.4. The van der Waals surface area contributed by atoms with Gasteiger partial charge >= 0.3 is 5.97 Å². The van der Waals surface area contributed by atoms with E-state index >= 15 is 0 Å². The van der Waals surface area contributed by atoms with Crippen molar-refractivity contribution in [2.45, 2.75) is 57.7 Å². The Morgan fingerprint density at radius 1 is 1.18 bits per heavy atom. The molecule has 4 N–H and O–H groups in total. The van der Waals surface area contributed by atoms with Crippen LogP contribution >= 0.6 is 0 Å². The van der Waals surface area contributed by atoms with Gasteiger partial charge in [0.2, 0.25) is 0 Å². The minimum Gasteiger partial charge on any atom is -0.504 e. The molecule has 0 radical (unpaired) electrons. The minimum absolute atomic E-state index is 0.194. The van der Waals surface area contributed by atoms with Gasteiger partial charge in [-0.15, -0.1) is 0 Å². The average molecular weight is 310 g/mol. The number of carbonyl (C=O) groups excluding carboxylic acids is 1. The summed E-state index contributed by atoms with van der Waals surface area (Å²) in [4.78, 5) is 12.2. The summed E-state index contributed by atoms with van der Waals surface area (Å²) in [5.74, 6) is -1.16. The van der Waals surface area contributed by atoms with Gasteiger partial charge in [-0.25, -0.2) is 4.79 Å². The number of carbonyl (C=O) groups is 1. The number of piperidine rings is 1. The van der Waals surface area contributed by atoms with Gasteiger partial charge < -0.3 is 20.2 Å². The Balaban J connectivity index is 2.13. The lowest BCUT2D eigenvalue weighted by molar-refractivity contribution is -0.256. The number of phenolic OH excluding ortho intramolecular Hbond substituents is 2. The molecule has 1 aliphatic heterocycles. The first kappa shape index (κ1) is 16.6. The normalized spacial score (nSPS) is 21.5. The van der Waals surface area contributed by atoms with Crippen LogP contribution in [0.4, 0.5) is 0 Å². The molecule has 1 fully saturated rings. The van der Waals surface area contributed by atoms with Crippen LogP contribution in [-0.4, -0.2) is 43.6 Å². The van der Waals surface area contributed by atoms with E-state index in [0.29, 0.717) is 12.8 Å². The second-order valence-corrected chi connectivity index (χ2v) is 7.10. The zero-order valence-corrected chi connectivity index (χ0v) is 13.4. The average Bonchev–Trinajstić information content (AvgIpc) is 2.38. The van der Waals surface area contributed by atoms with Gasteiger partial charge in [0.05, 0.1) is 16.6 Å². The van der Waals surface area contributed by atoms with Gasteiger partial charge in [0.15, 0.2) is 11.5 Å². The number of hydrogen-bond donors (Lipinski definition) is 2. The molecule has 22 heavy (non-hydrogen) atoms. The van der Waals surface area contributed by atoms with Crippen LogP contribution in [0, 0.1) is 0 Å². The van der Waals surface area contributed by atoms with Crippen LogP contribution in [0.3, 0.4) is 0 Å². The quantitative estimate of drug-likeness (QED) is 0.494. The standard InChI is InChI=1S/C16H23NO5/c1-15(2)8-11(9-16(3,4)17(15)21)22-14(20)10-5-6-12(18)13(19)7-10/h5-7,11,18-19,21H,8-9H2,1-4H3/p+1. The van der Waals surface area contributed by atoms with Crippen molar-refractivity contribution in [3.05, 3.63) is 23.8 Å². The Morgan fingerprint density at radius 2 is 1.73 bits per heavy atom. The number of esters is 1. The first-order valence-electron chi connectivity index (χ1n) is 7.27. The molecule has 0 saturated carbocycles. The Kier molecular flexibility index (Phi) is 4.10. The number of phenols is 2. The first-order valence-corrected chi connectivity index (χ1v) is 7.27. The van der Waals surface area contributed by atoms with Crippen molar-refractivity contribution in [3.63, 3.8) is 0 Å². The highest BCUT2D eigenvalue weighted by Gasteiger charge is 2.49. The van der Waals surface area contributed by atoms with Crippen LogP contribution in [0.5, 0.6) is 11.5 Å². The molecule has 122 valence electrons. The van der Waals surface area contributed by atoms with Gasteiger partial charge in [0.25, 0.3) is 0 Å². The SMILES string of the molecule is CC1(C)CC(OC(=O)c2ccc(O)c(O)c2)CC(C)(C)N1[OH2+]. The summed E-state index contributed by atoms with van der Waals surface area (Å²) in [6, 6.07) is 3.85. The van der Waals surface area contributed by atoms with Gasteiger partial charge in [0, 0.05) is 12.8 Å². The second-order valence-electron chi connectivity index (χ2n) is 7.10. The van der Waals surface area contributed by atoms with Crippen molar-refractivity contribution in [1.82, 2.24) is 5.06 Å². The fourth-order valence-corrected chi connectivity index (χ4v) is 3.14. The third kappa shape index (κ3) is 3.18. The fourth-order valence-electron chi connectivity index (χ4n) is 3.14. The molecule has 1 saturated heterocycles. The van der Waals surface area contributed by atoms with E-state index in [-0.39, 0.29) is 23.2 Å². The summed E-state index contributed by atoms with van der Waals surface area (Å²) in [6.45, 7) is 7.81. The Hall–Kier alpha value is -1.79. The third-order valence-corrected chi connectivity index (χ3v) is 4.15. The number of aromatic hydroxyl groups is 2. The molecular weight excluding hydrogens is 286 g/mol. The lowest BCUT2D eigenvalue weighted by Crippen LogP contribution is -2.60. The van der Waals surface area contributed by atoms with Gasteiger partial charge in [-0.3, -0.25) is 0 Å². The molecule has 0 bridgehead atoms. The van der Waals surface area contributed by atoms with E-state index in [1.165, 1.54) is 18.2 Å². The smallest absolute Gasteiger partial charge is 0.338 e. The number of benzene rings is 1. The van der Waals surface area contributed by atoms with Crippen LogP contribution in [-0.2, 0) is 4.74 Å². The number of rotatable bonds is 2. The highest BCUT2D eigenvalue weighted by molar-refractivity contribution is 5.90. The number of hydroxylamine groups is 2. The van der Waals surface area contributed by atoms with Gasteiger partial charge in [-0.2, -0.15) is 0 Å². The van der Waals surface area contributed by atoms with Crippen molar-refractivity contribution < 1.29 is 25.0 Å². The third-order valence-electron chi connectivity index (χ3n) is 4.15. The molecule has 6 nitrogen and oxygen atoms in total. The first-order chi connectivity index (χ1) is 10.0. The molecule has 0 atom stereocenters. The molecule has 0 aliphatic carbocycles. The van der Waals surface area contributed by atoms with Crippen molar-refractivity contribution in [3.8, 4) is 11.5 Å². The van der Waals surface area contributed by atoms with Crippen LogP contribution < -0.4 is 0 Å². The van der Waals surface area contributed by atoms with Crippen molar-refractivity contribution in [2.75, 3.05) is 0 Å². The van der Waals surface area contributed by atoms with Crippen LogP contribution in [0.25, 0.3) is 0 Å². The molecule has 2 rings (SSSR count). The van der Waals surface area contributed by atoms with E-state index in [0.717, 1.165) is 0 Å². The lowest BCUT2D eigenvalue weighted by atomic mass is 9.80. The summed E-state index contributed by atoms with van der Waals surface area (Å²) in [5, 5.41) is 28.5. The van der Waals surface area contributed by atoms with Gasteiger partial charge in [0.1, 0.15) is 6.10 Å². The molecule has 0 unspecified atom stereocenters. The summed E-state index contributed by atoms with van der Waals surface area (Å²) in [6.07, 6.45) is 0.834. The number of ether oxygens (including phenoxy) is 1. The van der Waals surface area contributed by atoms with E-state index in [1.54, 1.807) is 5.06 Å². The topological polar surface area (TPSA) is 92.9 Å². The van der Waals surface area contributed by atoms with Crippen LogP contribution in [0.1, 0.15) is 50.9 Å². The summed E-state index contributed by atoms with van der Waals surface area (Å²) in [5.41, 5.74) is -0.604. The lowest BCUT2D eigenvalue weighted by Gasteiger charge is -2.47. The Labute approximate surface area is 129 Å². The molecule has 0 spiro atoms. The van der Waals surface area contributed by atoms with E-state index in [9.17, 15) is 15.0 Å². The molecule has 1 aromatic carbocycles. The van der Waals surface area contributed by atoms with E-state index < -0.39 is 17.0 Å². The molecule has 1 aliphatic rings. The predicted molar refractivity (Wildman–Crippen MR) is 81.8 cm³/mol. The zero-order chi connectivity index (χ0) is 16.7. The monoisotopic (exact) mass is 310 g/mol. The molecule has 0 amide bonds. The predicted octanol–water partition coefficient (Wildman–Crippen LogP) is 1.92. The van der Waals surface area contributed by atoms with E-state index in [4.69, 9.17) is 9.94 Å². The highest BCUT2D eigenvalue weighted by Crippen LogP contribution is 2.38. The molecule has 0 aromatic heterocycles. The minimum atomic E-state index is -0.537. The van der Waals surface area contributed by atoms with Crippen molar-refractivity contribution in [1.29, 1.82) is 0 Å². The Morgan fingerprint density at radius 3 is 2.23 bits per heavy atom. The van der Waals surface area contributed by atoms with Gasteiger partial charge in [-0.1, -0.05) is 5.06 Å². The second kappa shape index (κ2) is 5.44. The highest BCUT2D eigenvalue weighted by atomic mass is 16.5. The molecular formula is C16H24NO5+. The van der Waals surface area contributed by atoms with E-state index in [1.807, 2.05) is 27.7 Å². The Bertz CT molecular complexity index is 564. The van der Waals surface area contributed by atoms with E-state index in [2.05, 4.69) is 0 Å². The molecule has 1 heterocycles. The van der Waals surface area contributed by atoms with Crippen LogP contribution in [0.2, 0.25) is 0 Å². The fraction of sp³-hybridized carbons (Fsp3) is 0.562. The van der Waals surface area contributed by atoms with Gasteiger partial charge in [-0.05, 0) is 45.9 Å². The maximum atomic E-state index is 12.2. The largest absolute Gasteiger partial charge is 0.504 e. The molecule has 6 heteroatoms. The number of nitrogens with zero attached hydrogens (tertiary/aromatic N) is 1. The maximum absolute atomic E-state index is 12.2. The van der Waals surface area contributed by atoms with Crippen molar-refractivity contribution >= 4 is 5.97 Å². The summed E-state index contributed by atoms with van der Waals surface area (Å²) >= 11 is 0. The van der Waals surface area contributed by atoms with Crippen LogP contribution in [0.15, 0.2) is 18.2 Å².